The summed E-state index contributed by atoms with van der Waals surface area (Å²) in [6.45, 7) is 4.13. The second-order valence-corrected chi connectivity index (χ2v) is 8.94. The number of nitrogens with zero attached hydrogens (tertiary/aromatic N) is 3. The molecule has 0 saturated carbocycles. The van der Waals surface area contributed by atoms with Gasteiger partial charge in [0.2, 0.25) is 12.0 Å². The minimum atomic E-state index is -3.85. The molecule has 0 spiro atoms. The van der Waals surface area contributed by atoms with E-state index in [1.807, 2.05) is 0 Å². The zero-order valence-corrected chi connectivity index (χ0v) is 20.4. The predicted molar refractivity (Wildman–Crippen MR) is 120 cm³/mol. The van der Waals surface area contributed by atoms with Crippen molar-refractivity contribution >= 4 is 20.0 Å². The number of hydrogen-bond acceptors (Lipinski definition) is 11. The number of halogens is 2. The van der Waals surface area contributed by atoms with Crippen LogP contribution in [0.25, 0.3) is 0 Å². The van der Waals surface area contributed by atoms with Gasteiger partial charge in [-0.25, -0.2) is 9.59 Å². The largest absolute Gasteiger partial charge is 0.575 e. The number of nitrogens with two attached hydrogens (primary N) is 1. The molecule has 2 unspecified atom stereocenters. The van der Waals surface area contributed by atoms with E-state index in [0.29, 0.717) is 4.57 Å². The van der Waals surface area contributed by atoms with Crippen LogP contribution in [0.1, 0.15) is 27.0 Å². The van der Waals surface area contributed by atoms with Gasteiger partial charge in [0.15, 0.2) is 17.9 Å². The van der Waals surface area contributed by atoms with Crippen LogP contribution in [0.4, 0.5) is 14.6 Å². The highest BCUT2D eigenvalue weighted by atomic mass is 31.1. The van der Waals surface area contributed by atoms with Crippen molar-refractivity contribution in [3.05, 3.63) is 47.0 Å². The molecule has 0 radical (unpaired) electrons. The number of benzene rings is 1. The van der Waals surface area contributed by atoms with Gasteiger partial charge in [0.05, 0.1) is 6.10 Å². The van der Waals surface area contributed by atoms with Crippen molar-refractivity contribution in [2.75, 3.05) is 12.3 Å². The van der Waals surface area contributed by atoms with Gasteiger partial charge in [-0.2, -0.15) is 13.8 Å². The van der Waals surface area contributed by atoms with E-state index in [-0.39, 0.29) is 23.4 Å². The molecule has 1 aliphatic rings. The Morgan fingerprint density at radius 2 is 2.00 bits per heavy atom. The van der Waals surface area contributed by atoms with E-state index in [4.69, 9.17) is 24.5 Å². The summed E-state index contributed by atoms with van der Waals surface area (Å²) in [7, 11) is -2.72. The average molecular weight is 530 g/mol. The number of hydrogen-bond donors (Lipinski definition) is 2. The lowest BCUT2D eigenvalue weighted by molar-refractivity contribution is -0.170. The molecule has 0 amide bonds. The second-order valence-electron chi connectivity index (χ2n) is 8.05. The van der Waals surface area contributed by atoms with E-state index < -0.39 is 56.8 Å². The van der Waals surface area contributed by atoms with Crippen molar-refractivity contribution in [1.29, 1.82) is 0 Å². The van der Waals surface area contributed by atoms with Gasteiger partial charge in [-0.1, -0.05) is 16.9 Å². The van der Waals surface area contributed by atoms with Gasteiger partial charge in [-0.15, -0.1) is 0 Å². The molecule has 3 rings (SSSR count). The van der Waals surface area contributed by atoms with Crippen LogP contribution in [0.15, 0.2) is 46.1 Å². The molecule has 1 saturated heterocycles. The molecular weight excluding hydrogens is 505 g/mol. The third kappa shape index (κ3) is 6.32. The highest BCUT2D eigenvalue weighted by molar-refractivity contribution is 7.34. The molecule has 196 valence electrons. The number of para-hydroxylation sites is 2. The fourth-order valence-electron chi connectivity index (χ4n) is 3.15. The van der Waals surface area contributed by atoms with E-state index >= 15 is 0 Å². The summed E-state index contributed by atoms with van der Waals surface area (Å²) >= 11 is 0. The zero-order chi connectivity index (χ0) is 26.6. The summed E-state index contributed by atoms with van der Waals surface area (Å²) in [6.07, 6.45) is -5.40. The Hall–Kier alpha value is -3.19. The van der Waals surface area contributed by atoms with Crippen molar-refractivity contribution in [2.45, 2.75) is 57.3 Å². The van der Waals surface area contributed by atoms with E-state index in [0.717, 1.165) is 12.3 Å². The lowest BCUT2D eigenvalue weighted by Gasteiger charge is -2.20. The van der Waals surface area contributed by atoms with E-state index in [1.165, 1.54) is 31.2 Å². The maximum atomic E-state index is 14.7. The van der Waals surface area contributed by atoms with Crippen LogP contribution in [0, 0.1) is 0 Å². The van der Waals surface area contributed by atoms with Crippen LogP contribution >= 0.6 is 8.17 Å². The van der Waals surface area contributed by atoms with Crippen molar-refractivity contribution in [3.8, 4) is 11.5 Å². The highest BCUT2D eigenvalue weighted by Gasteiger charge is 2.60. The summed E-state index contributed by atoms with van der Waals surface area (Å²) in [5.41, 5.74) is 4.31. The van der Waals surface area contributed by atoms with Crippen LogP contribution in [-0.4, -0.2) is 57.5 Å². The number of anilines is 1. The van der Waals surface area contributed by atoms with Gasteiger partial charge in [0.25, 0.3) is 0 Å². The van der Waals surface area contributed by atoms with E-state index in [2.05, 4.69) is 9.73 Å². The molecule has 3 N–H and O–H groups in total. The van der Waals surface area contributed by atoms with Gasteiger partial charge in [-0.3, -0.25) is 9.09 Å². The Morgan fingerprint density at radius 1 is 1.33 bits per heavy atom. The first-order valence-corrected chi connectivity index (χ1v) is 11.9. The molecule has 5 atom stereocenters. The number of carbonyl (C=O) groups is 1. The lowest BCUT2D eigenvalue weighted by Crippen LogP contribution is -2.42. The van der Waals surface area contributed by atoms with Gasteiger partial charge in [0, 0.05) is 6.20 Å². The molecule has 12 nitrogen and oxygen atoms in total. The van der Waals surface area contributed by atoms with Crippen molar-refractivity contribution in [1.82, 2.24) is 9.55 Å². The van der Waals surface area contributed by atoms with E-state index in [9.17, 15) is 28.4 Å². The minimum Gasteiger partial charge on any atom is -0.575 e. The fourth-order valence-corrected chi connectivity index (χ4v) is 3.90. The molecule has 1 aromatic carbocycles. The Bertz CT molecular complexity index is 1180. The number of nitrogen functional groups attached to an aromatic ring is 1. The number of aliphatic hydroxyl groups excluding tert-OH is 1. The van der Waals surface area contributed by atoms with Crippen molar-refractivity contribution in [2.24, 2.45) is 4.74 Å². The zero-order valence-electron chi connectivity index (χ0n) is 19.5. The first-order valence-electron chi connectivity index (χ1n) is 10.7. The number of aromatic nitrogens is 2. The first-order chi connectivity index (χ1) is 16.9. The summed E-state index contributed by atoms with van der Waals surface area (Å²) in [5.74, 6) is -4.76. The Kier molecular flexibility index (Phi) is 8.56. The second kappa shape index (κ2) is 11.2. The van der Waals surface area contributed by atoms with Crippen LogP contribution in [-0.2, 0) is 14.3 Å². The Morgan fingerprint density at radius 3 is 2.64 bits per heavy atom. The molecule has 1 fully saturated rings. The van der Waals surface area contributed by atoms with Gasteiger partial charge in [-0.05, 0) is 39.0 Å². The molecule has 36 heavy (non-hydrogen) atoms. The molecule has 2 aromatic rings. The molecule has 15 heteroatoms. The standard InChI is InChI=1S/C21H25F2N4O8P/c1-11(2)33-18(29)12(3)26-36(31)35-14-7-5-4-6-13(14)32-10-15-17(28)21(22,23)19(34-15)27-9-8-16(24)25-20(27)30/h4-9,11-12,15,17,19,28H,10H2,1-3H3,(H2,24,25,30)/t12-,15+,17+,19?/m0/s1. The fraction of sp³-hybridized carbons (Fsp3) is 0.476. The number of carbonyl (C=O) groups excluding carboxylic acids is 1. The number of ether oxygens (including phenoxy) is 3. The van der Waals surface area contributed by atoms with Crippen molar-refractivity contribution in [3.63, 3.8) is 0 Å². The van der Waals surface area contributed by atoms with Crippen LogP contribution in [0.5, 0.6) is 11.5 Å². The molecule has 0 bridgehead atoms. The predicted octanol–water partition coefficient (Wildman–Crippen LogP) is 1.37. The summed E-state index contributed by atoms with van der Waals surface area (Å²) in [6, 6.07) is 5.95. The van der Waals surface area contributed by atoms with Gasteiger partial charge >= 0.3 is 25.7 Å². The highest BCUT2D eigenvalue weighted by Crippen LogP contribution is 2.42. The van der Waals surface area contributed by atoms with Gasteiger partial charge in [0.1, 0.15) is 18.5 Å². The van der Waals surface area contributed by atoms with E-state index in [1.54, 1.807) is 13.8 Å². The third-order valence-corrected chi connectivity index (χ3v) is 5.76. The average Bonchev–Trinajstić information content (AvgIpc) is 3.01. The number of alkyl halides is 2. The quantitative estimate of drug-likeness (QED) is 0.356. The summed E-state index contributed by atoms with van der Waals surface area (Å²) in [4.78, 5) is 39.5. The maximum absolute atomic E-state index is 14.7. The van der Waals surface area contributed by atoms with Crippen LogP contribution < -0.4 is 25.6 Å². The topological polar surface area (TPSA) is 171 Å². The summed E-state index contributed by atoms with van der Waals surface area (Å²) in [5, 5.41) is 10.1. The molecular formula is C21H25F2N4O8P. The molecule has 0 aliphatic carbocycles. The molecule has 2 heterocycles. The minimum absolute atomic E-state index is 0.0117. The number of aliphatic hydroxyl groups is 1. The Balaban J connectivity index is 1.70. The normalized spacial score (nSPS) is 22.3. The van der Waals surface area contributed by atoms with Crippen LogP contribution in [0.2, 0.25) is 0 Å². The summed E-state index contributed by atoms with van der Waals surface area (Å²) < 4.78 is 54.6. The third-order valence-electron chi connectivity index (χ3n) is 4.87. The smallest absolute Gasteiger partial charge is 0.395 e. The van der Waals surface area contributed by atoms with Gasteiger partial charge < -0.3 is 29.9 Å². The Labute approximate surface area is 205 Å². The number of rotatable bonds is 9. The maximum Gasteiger partial charge on any atom is 0.395 e. The van der Waals surface area contributed by atoms with Crippen LogP contribution in [0.3, 0.4) is 0 Å². The van der Waals surface area contributed by atoms with Crippen molar-refractivity contribution < 1.29 is 42.3 Å². The molecule has 1 aromatic heterocycles. The lowest BCUT2D eigenvalue weighted by atomic mass is 10.1. The monoisotopic (exact) mass is 530 g/mol. The first kappa shape index (κ1) is 27.4. The number of esters is 1. The molecule has 1 aliphatic heterocycles. The SMILES string of the molecule is CC(C)OC(=O)[C@H](C)N=[P+]([O-])Oc1ccccc1OC[C@H]1OC(n2ccc(N)nc2=O)C(F)(F)[C@@H]1O.